The third-order valence-electron chi connectivity index (χ3n) is 8.54. The molecule has 0 N–H and O–H groups in total. The fourth-order valence-corrected chi connectivity index (χ4v) is 11.1. The number of carbonyl (C=O) groups excluding carboxylic acids is 4. The number of morpholine rings is 1. The number of nitrogens with zero attached hydrogens (tertiary/aromatic N) is 1. The van der Waals surface area contributed by atoms with E-state index in [9.17, 15) is 19.2 Å². The highest BCUT2D eigenvalue weighted by atomic mass is 28.4. The Balaban J connectivity index is 1.56. The van der Waals surface area contributed by atoms with Crippen LogP contribution in [0.3, 0.4) is 0 Å². The van der Waals surface area contributed by atoms with Crippen LogP contribution in [-0.4, -0.2) is 81.4 Å². The first kappa shape index (κ1) is 34.8. The van der Waals surface area contributed by atoms with E-state index in [4.69, 9.17) is 28.1 Å². The molecule has 0 bridgehead atoms. The number of methoxy groups -OCH3 is 1. The molecule has 5 rings (SSSR count). The summed E-state index contributed by atoms with van der Waals surface area (Å²) in [6.45, 7) is 8.12. The average molecular weight is 676 g/mol. The molecule has 0 aliphatic carbocycles. The maximum Gasteiger partial charge on any atom is 0.335 e. The lowest BCUT2D eigenvalue weighted by Crippen LogP contribution is -2.67. The van der Waals surface area contributed by atoms with Gasteiger partial charge in [-0.1, -0.05) is 93.6 Å². The number of hydrogen-bond donors (Lipinski definition) is 0. The van der Waals surface area contributed by atoms with Gasteiger partial charge in [0.25, 0.3) is 8.32 Å². The summed E-state index contributed by atoms with van der Waals surface area (Å²) in [7, 11) is -1.60. The van der Waals surface area contributed by atoms with Crippen LogP contribution in [0.15, 0.2) is 84.9 Å². The number of amides is 1. The topological polar surface area (TPSA) is 127 Å². The van der Waals surface area contributed by atoms with Gasteiger partial charge in [0, 0.05) is 20.4 Å². The lowest BCUT2D eigenvalue weighted by molar-refractivity contribution is -0.262. The molecule has 254 valence electrons. The van der Waals surface area contributed by atoms with Crippen LogP contribution in [0.5, 0.6) is 5.75 Å². The first-order chi connectivity index (χ1) is 22.8. The molecule has 48 heavy (non-hydrogen) atoms. The number of hydrogen-bond acceptors (Lipinski definition) is 10. The lowest BCUT2D eigenvalue weighted by Gasteiger charge is -2.43. The maximum atomic E-state index is 14.3. The summed E-state index contributed by atoms with van der Waals surface area (Å²) < 4.78 is 35.7. The van der Waals surface area contributed by atoms with E-state index in [1.807, 2.05) is 60.7 Å². The molecular weight excluding hydrogens is 634 g/mol. The van der Waals surface area contributed by atoms with Gasteiger partial charge in [-0.25, -0.2) is 0 Å². The first-order valence-electron chi connectivity index (χ1n) is 15.7. The van der Waals surface area contributed by atoms with Gasteiger partial charge in [-0.15, -0.1) is 0 Å². The molecule has 2 heterocycles. The fraction of sp³-hybridized carbons (Fsp3) is 0.389. The normalized spacial score (nSPS) is 22.7. The second-order valence-corrected chi connectivity index (χ2v) is 17.2. The van der Waals surface area contributed by atoms with Crippen LogP contribution in [0, 0.1) is 0 Å². The molecule has 3 aromatic rings. The minimum atomic E-state index is -3.15. The second kappa shape index (κ2) is 13.9. The summed E-state index contributed by atoms with van der Waals surface area (Å²) in [4.78, 5) is 53.7. The molecule has 0 saturated carbocycles. The smallest absolute Gasteiger partial charge is 0.335 e. The highest BCUT2D eigenvalue weighted by Gasteiger charge is 2.69. The van der Waals surface area contributed by atoms with Crippen molar-refractivity contribution in [3.8, 4) is 5.75 Å². The van der Waals surface area contributed by atoms with Gasteiger partial charge in [-0.2, -0.15) is 0 Å². The molecule has 1 spiro atoms. The maximum absolute atomic E-state index is 14.3. The van der Waals surface area contributed by atoms with Gasteiger partial charge < -0.3 is 33.0 Å². The zero-order valence-corrected chi connectivity index (χ0v) is 29.0. The number of benzene rings is 3. The van der Waals surface area contributed by atoms with E-state index in [0.717, 1.165) is 17.3 Å². The van der Waals surface area contributed by atoms with E-state index in [1.54, 1.807) is 31.4 Å². The summed E-state index contributed by atoms with van der Waals surface area (Å²) in [6.07, 6.45) is -4.12. The minimum Gasteiger partial charge on any atom is -0.497 e. The number of esters is 3. The van der Waals surface area contributed by atoms with Crippen LogP contribution in [0.2, 0.25) is 5.04 Å². The summed E-state index contributed by atoms with van der Waals surface area (Å²) >= 11 is 0. The van der Waals surface area contributed by atoms with Crippen LogP contribution in [0.4, 0.5) is 0 Å². The summed E-state index contributed by atoms with van der Waals surface area (Å²) in [6, 6.07) is 26.8. The molecular formula is C36H41NO10Si. The van der Waals surface area contributed by atoms with E-state index in [2.05, 4.69) is 20.8 Å². The van der Waals surface area contributed by atoms with E-state index in [0.29, 0.717) is 11.3 Å². The van der Waals surface area contributed by atoms with Crippen molar-refractivity contribution in [1.29, 1.82) is 0 Å². The molecule has 3 aromatic carbocycles. The standard InChI is InChI=1S/C36H41NO10Si/c1-24(38)44-32-30(23-43-48(35(3,4)5,28-13-9-7-10-14-28)29-15-11-8-12-16-29)46-36(33(32)45-25(2)39)34(41)37(22-31(40)47-36)21-26-17-19-27(42-6)20-18-26/h7-20,30,32-33H,21-23H2,1-6H3/t30-,32-,33-,36+/m1/s1. The van der Waals surface area contributed by atoms with Crippen molar-refractivity contribution in [1.82, 2.24) is 4.90 Å². The Morgan fingerprint density at radius 1 is 0.875 bits per heavy atom. The van der Waals surface area contributed by atoms with Gasteiger partial charge in [-0.05, 0) is 33.1 Å². The molecule has 2 aliphatic heterocycles. The Bertz CT molecular complexity index is 1590. The second-order valence-electron chi connectivity index (χ2n) is 12.9. The molecule has 2 fully saturated rings. The third kappa shape index (κ3) is 6.73. The summed E-state index contributed by atoms with van der Waals surface area (Å²) in [5.74, 6) is -4.83. The monoisotopic (exact) mass is 675 g/mol. The van der Waals surface area contributed by atoms with Crippen LogP contribution in [0.25, 0.3) is 0 Å². The Kier molecular flexibility index (Phi) is 10.1. The Morgan fingerprint density at radius 3 is 1.94 bits per heavy atom. The zero-order valence-electron chi connectivity index (χ0n) is 28.0. The lowest BCUT2D eigenvalue weighted by atomic mass is 10.0. The van der Waals surface area contributed by atoms with Crippen molar-refractivity contribution in [2.45, 2.75) is 70.3 Å². The highest BCUT2D eigenvalue weighted by Crippen LogP contribution is 2.42. The molecule has 4 atom stereocenters. The van der Waals surface area contributed by atoms with Crippen molar-refractivity contribution in [3.05, 3.63) is 90.5 Å². The molecule has 0 aromatic heterocycles. The van der Waals surface area contributed by atoms with E-state index >= 15 is 0 Å². The van der Waals surface area contributed by atoms with Crippen molar-refractivity contribution in [2.24, 2.45) is 0 Å². The quantitative estimate of drug-likeness (QED) is 0.180. The van der Waals surface area contributed by atoms with Crippen LogP contribution in [-0.2, 0) is 49.1 Å². The van der Waals surface area contributed by atoms with Crippen LogP contribution >= 0.6 is 0 Å². The van der Waals surface area contributed by atoms with E-state index < -0.39 is 61.3 Å². The Hall–Kier alpha value is -4.52. The predicted octanol–water partition coefficient (Wildman–Crippen LogP) is 3.12. The van der Waals surface area contributed by atoms with Gasteiger partial charge in [0.15, 0.2) is 6.10 Å². The molecule has 0 unspecified atom stereocenters. The van der Waals surface area contributed by atoms with E-state index in [-0.39, 0.29) is 19.7 Å². The number of rotatable bonds is 10. The number of ether oxygens (including phenoxy) is 5. The summed E-state index contributed by atoms with van der Waals surface area (Å²) in [5, 5.41) is 1.56. The Labute approximate surface area is 281 Å². The van der Waals surface area contributed by atoms with Crippen LogP contribution in [0.1, 0.15) is 40.2 Å². The average Bonchev–Trinajstić information content (AvgIpc) is 3.31. The minimum absolute atomic E-state index is 0.0251. The van der Waals surface area contributed by atoms with Crippen molar-refractivity contribution < 1.29 is 47.3 Å². The van der Waals surface area contributed by atoms with Gasteiger partial charge >= 0.3 is 29.6 Å². The molecule has 2 aliphatic rings. The van der Waals surface area contributed by atoms with Crippen LogP contribution < -0.4 is 15.1 Å². The molecule has 0 radical (unpaired) electrons. The number of carbonyl (C=O) groups is 4. The van der Waals surface area contributed by atoms with Gasteiger partial charge in [-0.3, -0.25) is 19.2 Å². The SMILES string of the molecule is COc1ccc(CN2CC(=O)O[C@]3(O[C@H](CO[Si](c4ccccc4)(c4ccccc4)C(C)(C)C)[C@@H](OC(C)=O)[C@H]3OC(C)=O)C2=O)cc1. The van der Waals surface area contributed by atoms with E-state index in [1.165, 1.54) is 11.8 Å². The largest absolute Gasteiger partial charge is 0.497 e. The van der Waals surface area contributed by atoms with Gasteiger partial charge in [0.05, 0.1) is 13.7 Å². The fourth-order valence-electron chi connectivity index (χ4n) is 6.55. The van der Waals surface area contributed by atoms with Gasteiger partial charge in [0.1, 0.15) is 18.4 Å². The highest BCUT2D eigenvalue weighted by molar-refractivity contribution is 6.99. The third-order valence-corrected chi connectivity index (χ3v) is 13.5. The summed E-state index contributed by atoms with van der Waals surface area (Å²) in [5.41, 5.74) is 0.708. The van der Waals surface area contributed by atoms with Gasteiger partial charge in [0.2, 0.25) is 6.10 Å². The predicted molar refractivity (Wildman–Crippen MR) is 177 cm³/mol. The zero-order chi connectivity index (χ0) is 34.7. The molecule has 11 nitrogen and oxygen atoms in total. The van der Waals surface area contributed by atoms with Crippen molar-refractivity contribution in [3.63, 3.8) is 0 Å². The van der Waals surface area contributed by atoms with Crippen molar-refractivity contribution in [2.75, 3.05) is 20.3 Å². The van der Waals surface area contributed by atoms with Crippen molar-refractivity contribution >= 4 is 42.5 Å². The molecule has 1 amide bonds. The molecule has 12 heteroatoms. The Morgan fingerprint density at radius 2 is 1.44 bits per heavy atom. The molecule has 2 saturated heterocycles. The first-order valence-corrected chi connectivity index (χ1v) is 17.6.